The Bertz CT molecular complexity index is 283. The van der Waals surface area contributed by atoms with Gasteiger partial charge in [-0.3, -0.25) is 0 Å². The van der Waals surface area contributed by atoms with Crippen molar-refractivity contribution >= 4 is 22.4 Å². The maximum atomic E-state index is 12.0. The summed E-state index contributed by atoms with van der Waals surface area (Å²) in [6.45, 7) is 3.12. The minimum Gasteiger partial charge on any atom is -0.329 e. The van der Waals surface area contributed by atoms with Gasteiger partial charge in [0.2, 0.25) is 10.0 Å². The Hall–Kier alpha value is 0.160. The van der Waals surface area contributed by atoms with Crippen molar-refractivity contribution in [2.75, 3.05) is 18.8 Å². The first-order valence-corrected chi connectivity index (χ1v) is 7.42. The molecule has 1 atom stereocenters. The van der Waals surface area contributed by atoms with Crippen molar-refractivity contribution in [3.05, 3.63) is 0 Å². The molecule has 1 saturated heterocycles. The summed E-state index contributed by atoms with van der Waals surface area (Å²) in [5.74, 6) is 0.278. The molecular weight excluding hydrogens is 248 g/mol. The van der Waals surface area contributed by atoms with Gasteiger partial charge in [0.25, 0.3) is 0 Å². The molecule has 98 valence electrons. The van der Waals surface area contributed by atoms with Crippen LogP contribution in [0.15, 0.2) is 0 Å². The number of nitrogens with zero attached hydrogens (tertiary/aromatic N) is 1. The summed E-state index contributed by atoms with van der Waals surface area (Å²) < 4.78 is 25.6. The number of piperidine rings is 1. The van der Waals surface area contributed by atoms with Crippen LogP contribution in [0.3, 0.4) is 0 Å². The predicted octanol–water partition coefficient (Wildman–Crippen LogP) is 1.35. The highest BCUT2D eigenvalue weighted by atomic mass is 35.5. The first-order valence-electron chi connectivity index (χ1n) is 5.81. The van der Waals surface area contributed by atoms with Gasteiger partial charge in [-0.05, 0) is 19.3 Å². The quantitative estimate of drug-likeness (QED) is 0.820. The van der Waals surface area contributed by atoms with Gasteiger partial charge in [0.15, 0.2) is 0 Å². The smallest absolute Gasteiger partial charge is 0.214 e. The number of hydrogen-bond acceptors (Lipinski definition) is 3. The molecule has 1 rings (SSSR count). The Kier molecular flexibility index (Phi) is 7.55. The standard InChI is InChI=1S/C10H22N2O2S.ClH/c1-2-3-8-15(13,14)12-7-5-4-6-10(12)9-11;/h10H,2-9,11H2,1H3;1H. The molecule has 0 saturated carbocycles. The van der Waals surface area contributed by atoms with Crippen LogP contribution in [-0.4, -0.2) is 37.6 Å². The fourth-order valence-electron chi connectivity index (χ4n) is 2.02. The Morgan fingerprint density at radius 2 is 2.06 bits per heavy atom. The van der Waals surface area contributed by atoms with Crippen molar-refractivity contribution in [3.63, 3.8) is 0 Å². The Morgan fingerprint density at radius 3 is 2.62 bits per heavy atom. The summed E-state index contributed by atoms with van der Waals surface area (Å²) in [6, 6.07) is 0.0422. The highest BCUT2D eigenvalue weighted by Crippen LogP contribution is 2.20. The van der Waals surface area contributed by atoms with Gasteiger partial charge in [-0.1, -0.05) is 19.8 Å². The van der Waals surface area contributed by atoms with E-state index in [4.69, 9.17) is 5.73 Å². The molecule has 1 fully saturated rings. The van der Waals surface area contributed by atoms with Crippen LogP contribution in [0, 0.1) is 0 Å². The van der Waals surface area contributed by atoms with Crippen LogP contribution in [0.2, 0.25) is 0 Å². The zero-order chi connectivity index (χ0) is 11.3. The van der Waals surface area contributed by atoms with Crippen molar-refractivity contribution < 1.29 is 8.42 Å². The molecule has 1 aliphatic rings. The lowest BCUT2D eigenvalue weighted by Crippen LogP contribution is -2.48. The lowest BCUT2D eigenvalue weighted by atomic mass is 10.1. The molecule has 0 aromatic carbocycles. The maximum Gasteiger partial charge on any atom is 0.214 e. The summed E-state index contributed by atoms with van der Waals surface area (Å²) in [7, 11) is -3.05. The van der Waals surface area contributed by atoms with E-state index in [0.29, 0.717) is 13.1 Å². The second kappa shape index (κ2) is 7.48. The van der Waals surface area contributed by atoms with Crippen LogP contribution in [0.1, 0.15) is 39.0 Å². The lowest BCUT2D eigenvalue weighted by molar-refractivity contribution is 0.257. The van der Waals surface area contributed by atoms with Crippen LogP contribution < -0.4 is 5.73 Å². The third-order valence-electron chi connectivity index (χ3n) is 2.96. The molecule has 0 amide bonds. The molecule has 6 heteroatoms. The van der Waals surface area contributed by atoms with Gasteiger partial charge < -0.3 is 5.73 Å². The van der Waals surface area contributed by atoms with Crippen LogP contribution in [0.5, 0.6) is 0 Å². The molecule has 0 bridgehead atoms. The third kappa shape index (κ3) is 4.20. The molecule has 2 N–H and O–H groups in total. The van der Waals surface area contributed by atoms with E-state index in [2.05, 4.69) is 0 Å². The molecular formula is C10H23ClN2O2S. The lowest BCUT2D eigenvalue weighted by Gasteiger charge is -2.33. The van der Waals surface area contributed by atoms with E-state index in [-0.39, 0.29) is 24.2 Å². The number of unbranched alkanes of at least 4 members (excludes halogenated alkanes) is 1. The summed E-state index contributed by atoms with van der Waals surface area (Å²) in [6.07, 6.45) is 4.65. The minimum atomic E-state index is -3.05. The van der Waals surface area contributed by atoms with Crippen LogP contribution in [-0.2, 0) is 10.0 Å². The number of rotatable bonds is 5. The molecule has 16 heavy (non-hydrogen) atoms. The summed E-state index contributed by atoms with van der Waals surface area (Å²) in [5.41, 5.74) is 5.61. The van der Waals surface area contributed by atoms with Crippen molar-refractivity contribution in [1.29, 1.82) is 0 Å². The monoisotopic (exact) mass is 270 g/mol. The van der Waals surface area contributed by atoms with Gasteiger partial charge >= 0.3 is 0 Å². The van der Waals surface area contributed by atoms with E-state index < -0.39 is 10.0 Å². The van der Waals surface area contributed by atoms with Gasteiger partial charge in [-0.2, -0.15) is 4.31 Å². The second-order valence-electron chi connectivity index (χ2n) is 4.17. The highest BCUT2D eigenvalue weighted by Gasteiger charge is 2.30. The van der Waals surface area contributed by atoms with Crippen molar-refractivity contribution in [2.45, 2.75) is 45.1 Å². The Balaban J connectivity index is 0.00000225. The van der Waals surface area contributed by atoms with E-state index in [0.717, 1.165) is 32.1 Å². The predicted molar refractivity (Wildman–Crippen MR) is 69.3 cm³/mol. The average Bonchev–Trinajstić information content (AvgIpc) is 2.26. The number of nitrogens with two attached hydrogens (primary N) is 1. The largest absolute Gasteiger partial charge is 0.329 e. The normalized spacial score (nSPS) is 22.8. The molecule has 1 unspecified atom stereocenters. The molecule has 0 spiro atoms. The summed E-state index contributed by atoms with van der Waals surface area (Å²) in [5, 5.41) is 0. The highest BCUT2D eigenvalue weighted by molar-refractivity contribution is 7.89. The summed E-state index contributed by atoms with van der Waals surface area (Å²) in [4.78, 5) is 0. The fourth-order valence-corrected chi connectivity index (χ4v) is 3.96. The first-order chi connectivity index (χ1) is 7.11. The second-order valence-corrected chi connectivity index (χ2v) is 6.21. The minimum absolute atomic E-state index is 0. The Labute approximate surface area is 105 Å². The Morgan fingerprint density at radius 1 is 1.38 bits per heavy atom. The molecule has 0 aliphatic carbocycles. The van der Waals surface area contributed by atoms with Crippen molar-refractivity contribution in [1.82, 2.24) is 4.31 Å². The molecule has 1 heterocycles. The third-order valence-corrected chi connectivity index (χ3v) is 4.96. The van der Waals surface area contributed by atoms with E-state index in [1.54, 1.807) is 4.31 Å². The van der Waals surface area contributed by atoms with E-state index >= 15 is 0 Å². The summed E-state index contributed by atoms with van der Waals surface area (Å²) >= 11 is 0. The van der Waals surface area contributed by atoms with Gasteiger partial charge in [0.05, 0.1) is 5.75 Å². The van der Waals surface area contributed by atoms with E-state index in [9.17, 15) is 8.42 Å². The SMILES string of the molecule is CCCCS(=O)(=O)N1CCCCC1CN.Cl. The molecule has 1 aliphatic heterocycles. The van der Waals surface area contributed by atoms with Gasteiger partial charge in [0.1, 0.15) is 0 Å². The van der Waals surface area contributed by atoms with Crippen molar-refractivity contribution in [2.24, 2.45) is 5.73 Å². The molecule has 0 aromatic rings. The van der Waals surface area contributed by atoms with Gasteiger partial charge in [0, 0.05) is 19.1 Å². The van der Waals surface area contributed by atoms with E-state index in [1.165, 1.54) is 0 Å². The van der Waals surface area contributed by atoms with Crippen molar-refractivity contribution in [3.8, 4) is 0 Å². The molecule has 4 nitrogen and oxygen atoms in total. The molecule has 0 aromatic heterocycles. The number of halogens is 1. The van der Waals surface area contributed by atoms with Crippen LogP contribution >= 0.6 is 12.4 Å². The average molecular weight is 271 g/mol. The van der Waals surface area contributed by atoms with Crippen LogP contribution in [0.25, 0.3) is 0 Å². The zero-order valence-corrected chi connectivity index (χ0v) is 11.5. The first kappa shape index (κ1) is 16.2. The van der Waals surface area contributed by atoms with E-state index in [1.807, 2.05) is 6.92 Å². The fraction of sp³-hybridized carbons (Fsp3) is 1.00. The number of sulfonamides is 1. The topological polar surface area (TPSA) is 63.4 Å². The zero-order valence-electron chi connectivity index (χ0n) is 9.89. The van der Waals surface area contributed by atoms with Gasteiger partial charge in [-0.25, -0.2) is 8.42 Å². The molecule has 0 radical (unpaired) electrons. The van der Waals surface area contributed by atoms with Gasteiger partial charge in [-0.15, -0.1) is 12.4 Å². The van der Waals surface area contributed by atoms with Crippen LogP contribution in [0.4, 0.5) is 0 Å². The maximum absolute atomic E-state index is 12.0. The number of hydrogen-bond donors (Lipinski definition) is 1.